The van der Waals surface area contributed by atoms with Crippen molar-refractivity contribution >= 4 is 23.6 Å². The number of pyridine rings is 1. The summed E-state index contributed by atoms with van der Waals surface area (Å²) in [5, 5.41) is 11.5. The van der Waals surface area contributed by atoms with Crippen LogP contribution in [0.25, 0.3) is 0 Å². The SMILES string of the molecule is CC(CN(C)C(=O)Nc1cccc(N(C)C)n1)C(=O)O. The maximum atomic E-state index is 11.9. The molecule has 1 unspecified atom stereocenters. The van der Waals surface area contributed by atoms with E-state index in [1.807, 2.05) is 25.1 Å². The van der Waals surface area contributed by atoms with Gasteiger partial charge in [-0.25, -0.2) is 9.78 Å². The number of hydrogen-bond donors (Lipinski definition) is 2. The van der Waals surface area contributed by atoms with Crippen molar-refractivity contribution < 1.29 is 14.7 Å². The van der Waals surface area contributed by atoms with Gasteiger partial charge in [-0.3, -0.25) is 10.1 Å². The average Bonchev–Trinajstić information content (AvgIpc) is 2.38. The molecule has 1 heterocycles. The van der Waals surface area contributed by atoms with Gasteiger partial charge in [0.2, 0.25) is 0 Å². The van der Waals surface area contributed by atoms with Gasteiger partial charge in [0.05, 0.1) is 5.92 Å². The maximum absolute atomic E-state index is 11.9. The molecule has 1 aromatic rings. The normalized spacial score (nSPS) is 11.6. The third-order valence-electron chi connectivity index (χ3n) is 2.74. The van der Waals surface area contributed by atoms with Gasteiger partial charge in [-0.15, -0.1) is 0 Å². The minimum absolute atomic E-state index is 0.133. The van der Waals surface area contributed by atoms with Crippen LogP contribution in [0.4, 0.5) is 16.4 Å². The van der Waals surface area contributed by atoms with Crippen LogP contribution in [-0.4, -0.2) is 54.7 Å². The molecule has 0 aliphatic carbocycles. The van der Waals surface area contributed by atoms with E-state index in [2.05, 4.69) is 10.3 Å². The molecule has 7 heteroatoms. The predicted octanol–water partition coefficient (Wildman–Crippen LogP) is 1.33. The molecule has 20 heavy (non-hydrogen) atoms. The lowest BCUT2D eigenvalue weighted by molar-refractivity contribution is -0.141. The lowest BCUT2D eigenvalue weighted by Gasteiger charge is -2.20. The number of carbonyl (C=O) groups is 2. The van der Waals surface area contributed by atoms with Crippen LogP contribution in [0.1, 0.15) is 6.92 Å². The van der Waals surface area contributed by atoms with Gasteiger partial charge in [-0.1, -0.05) is 13.0 Å². The van der Waals surface area contributed by atoms with E-state index in [0.29, 0.717) is 5.82 Å². The van der Waals surface area contributed by atoms with Crippen molar-refractivity contribution in [1.82, 2.24) is 9.88 Å². The Bertz CT molecular complexity index is 490. The van der Waals surface area contributed by atoms with Crippen LogP contribution in [0.5, 0.6) is 0 Å². The number of rotatable bonds is 5. The zero-order valence-electron chi connectivity index (χ0n) is 12.1. The molecule has 1 atom stereocenters. The molecule has 0 aromatic carbocycles. The van der Waals surface area contributed by atoms with Gasteiger partial charge in [0, 0.05) is 27.7 Å². The summed E-state index contributed by atoms with van der Waals surface area (Å²) in [5.74, 6) is -0.399. The van der Waals surface area contributed by atoms with Crippen molar-refractivity contribution in [2.45, 2.75) is 6.92 Å². The molecule has 110 valence electrons. The molecular weight excluding hydrogens is 260 g/mol. The van der Waals surface area contributed by atoms with Gasteiger partial charge in [0.1, 0.15) is 11.6 Å². The second kappa shape index (κ2) is 6.74. The van der Waals surface area contributed by atoms with Gasteiger partial charge < -0.3 is 14.9 Å². The molecule has 0 radical (unpaired) electrons. The highest BCUT2D eigenvalue weighted by molar-refractivity contribution is 5.88. The highest BCUT2D eigenvalue weighted by Crippen LogP contribution is 2.12. The largest absolute Gasteiger partial charge is 0.481 e. The zero-order valence-corrected chi connectivity index (χ0v) is 12.1. The van der Waals surface area contributed by atoms with E-state index in [9.17, 15) is 9.59 Å². The zero-order chi connectivity index (χ0) is 15.3. The summed E-state index contributed by atoms with van der Waals surface area (Å²) < 4.78 is 0. The third kappa shape index (κ3) is 4.42. The van der Waals surface area contributed by atoms with Crippen molar-refractivity contribution in [3.63, 3.8) is 0 Å². The molecule has 7 nitrogen and oxygen atoms in total. The van der Waals surface area contributed by atoms with Crippen LogP contribution in [0.15, 0.2) is 18.2 Å². The fourth-order valence-electron chi connectivity index (χ4n) is 1.52. The lowest BCUT2D eigenvalue weighted by atomic mass is 10.2. The van der Waals surface area contributed by atoms with Gasteiger partial charge in [0.15, 0.2) is 0 Å². The summed E-state index contributed by atoms with van der Waals surface area (Å²) in [7, 11) is 5.26. The Morgan fingerprint density at radius 3 is 2.55 bits per heavy atom. The van der Waals surface area contributed by atoms with E-state index in [1.165, 1.54) is 4.90 Å². The number of carboxylic acid groups (broad SMARTS) is 1. The number of carboxylic acids is 1. The number of aromatic nitrogens is 1. The van der Waals surface area contributed by atoms with E-state index >= 15 is 0 Å². The summed E-state index contributed by atoms with van der Waals surface area (Å²) in [4.78, 5) is 30.1. The van der Waals surface area contributed by atoms with Gasteiger partial charge in [-0.2, -0.15) is 0 Å². The molecule has 2 N–H and O–H groups in total. The summed E-state index contributed by atoms with van der Waals surface area (Å²) in [6, 6.07) is 4.91. The minimum atomic E-state index is -0.933. The standard InChI is InChI=1S/C13H20N4O3/c1-9(12(18)19)8-17(4)13(20)15-10-6-5-7-11(14-10)16(2)3/h5-7,9H,8H2,1-4H3,(H,18,19)(H,14,15,20). The van der Waals surface area contributed by atoms with E-state index < -0.39 is 11.9 Å². The van der Waals surface area contributed by atoms with E-state index in [0.717, 1.165) is 5.82 Å². The number of carbonyl (C=O) groups excluding carboxylic acids is 1. The number of anilines is 2. The van der Waals surface area contributed by atoms with Crippen molar-refractivity contribution in [2.75, 3.05) is 37.9 Å². The maximum Gasteiger partial charge on any atom is 0.322 e. The number of hydrogen-bond acceptors (Lipinski definition) is 4. The first kappa shape index (κ1) is 15.7. The Labute approximate surface area is 118 Å². The molecule has 2 amide bonds. The number of nitrogens with one attached hydrogen (secondary N) is 1. The summed E-state index contributed by atoms with van der Waals surface area (Å²) in [6.45, 7) is 1.69. The van der Waals surface area contributed by atoms with Crippen LogP contribution in [0.2, 0.25) is 0 Å². The molecule has 0 saturated heterocycles. The molecule has 0 aliphatic heterocycles. The molecule has 1 rings (SSSR count). The molecule has 0 spiro atoms. The van der Waals surface area contributed by atoms with Crippen molar-refractivity contribution in [1.29, 1.82) is 0 Å². The first-order valence-corrected chi connectivity index (χ1v) is 6.20. The summed E-state index contributed by atoms with van der Waals surface area (Å²) >= 11 is 0. The van der Waals surface area contributed by atoms with E-state index in [-0.39, 0.29) is 12.6 Å². The topological polar surface area (TPSA) is 85.8 Å². The first-order chi connectivity index (χ1) is 9.31. The Balaban J connectivity index is 2.66. The van der Waals surface area contributed by atoms with Crippen LogP contribution < -0.4 is 10.2 Å². The van der Waals surface area contributed by atoms with E-state index in [1.54, 1.807) is 26.1 Å². The van der Waals surface area contributed by atoms with Gasteiger partial charge >= 0.3 is 12.0 Å². The number of amides is 2. The van der Waals surface area contributed by atoms with Crippen LogP contribution in [0, 0.1) is 5.92 Å². The molecule has 0 fully saturated rings. The Morgan fingerprint density at radius 2 is 2.00 bits per heavy atom. The number of aliphatic carboxylic acids is 1. The predicted molar refractivity (Wildman–Crippen MR) is 77.0 cm³/mol. The number of nitrogens with zero attached hydrogens (tertiary/aromatic N) is 3. The van der Waals surface area contributed by atoms with Crippen molar-refractivity contribution in [2.24, 2.45) is 5.92 Å². The average molecular weight is 280 g/mol. The minimum Gasteiger partial charge on any atom is -0.481 e. The Morgan fingerprint density at radius 1 is 1.35 bits per heavy atom. The molecule has 0 saturated carbocycles. The monoisotopic (exact) mass is 280 g/mol. The summed E-state index contributed by atoms with van der Waals surface area (Å²) in [6.07, 6.45) is 0. The molecule has 0 bridgehead atoms. The Kier molecular flexibility index (Phi) is 5.31. The quantitative estimate of drug-likeness (QED) is 0.850. The van der Waals surface area contributed by atoms with Gasteiger partial charge in [-0.05, 0) is 12.1 Å². The van der Waals surface area contributed by atoms with E-state index in [4.69, 9.17) is 5.11 Å². The van der Waals surface area contributed by atoms with Crippen molar-refractivity contribution in [3.8, 4) is 0 Å². The van der Waals surface area contributed by atoms with Crippen molar-refractivity contribution in [3.05, 3.63) is 18.2 Å². The molecule has 0 aliphatic rings. The van der Waals surface area contributed by atoms with Gasteiger partial charge in [0.25, 0.3) is 0 Å². The number of urea groups is 1. The molecule has 1 aromatic heterocycles. The highest BCUT2D eigenvalue weighted by atomic mass is 16.4. The fraction of sp³-hybridized carbons (Fsp3) is 0.462. The summed E-state index contributed by atoms with van der Waals surface area (Å²) in [5.41, 5.74) is 0. The second-order valence-electron chi connectivity index (χ2n) is 4.83. The smallest absolute Gasteiger partial charge is 0.322 e. The third-order valence-corrected chi connectivity index (χ3v) is 2.74. The highest BCUT2D eigenvalue weighted by Gasteiger charge is 2.17. The molecular formula is C13H20N4O3. The second-order valence-corrected chi connectivity index (χ2v) is 4.83. The van der Waals surface area contributed by atoms with Crippen LogP contribution in [0.3, 0.4) is 0 Å². The Hall–Kier alpha value is -2.31. The fourth-order valence-corrected chi connectivity index (χ4v) is 1.52. The first-order valence-electron chi connectivity index (χ1n) is 6.20. The lowest BCUT2D eigenvalue weighted by Crippen LogP contribution is -2.36. The van der Waals surface area contributed by atoms with Crippen LogP contribution >= 0.6 is 0 Å². The van der Waals surface area contributed by atoms with Crippen LogP contribution in [-0.2, 0) is 4.79 Å².